The number of benzene rings is 4. The number of imidazole rings is 1. The number of aromatic nitrogens is 2. The number of anilines is 1. The van der Waals surface area contributed by atoms with Gasteiger partial charge in [-0.25, -0.2) is 4.98 Å². The molecule has 0 bridgehead atoms. The Morgan fingerprint density at radius 2 is 1.75 bits per heavy atom. The molecule has 0 radical (unpaired) electrons. The van der Waals surface area contributed by atoms with Crippen molar-refractivity contribution < 1.29 is 22.7 Å². The van der Waals surface area contributed by atoms with Gasteiger partial charge in [0.05, 0.1) is 29.0 Å². The van der Waals surface area contributed by atoms with Crippen LogP contribution in [0.3, 0.4) is 0 Å². The zero-order valence-corrected chi connectivity index (χ0v) is 22.4. The lowest BCUT2D eigenvalue weighted by Crippen LogP contribution is -2.30. The predicted molar refractivity (Wildman–Crippen MR) is 152 cm³/mol. The first-order chi connectivity index (χ1) is 19.2. The highest BCUT2D eigenvalue weighted by Gasteiger charge is 2.32. The lowest BCUT2D eigenvalue weighted by Gasteiger charge is -2.21. The minimum absolute atomic E-state index is 0.0279. The molecule has 1 amide bonds. The van der Waals surface area contributed by atoms with Crippen molar-refractivity contribution in [2.45, 2.75) is 26.8 Å². The summed E-state index contributed by atoms with van der Waals surface area (Å²) in [6, 6.07) is 21.6. The predicted octanol–water partition coefficient (Wildman–Crippen LogP) is 7.33. The first-order valence-electron chi connectivity index (χ1n) is 12.5. The minimum Gasteiger partial charge on any atom is -0.406 e. The molecule has 0 saturated carbocycles. The van der Waals surface area contributed by atoms with Gasteiger partial charge < -0.3 is 4.74 Å². The van der Waals surface area contributed by atoms with Crippen LogP contribution in [0.2, 0.25) is 0 Å². The maximum atomic E-state index is 12.7. The highest BCUT2D eigenvalue weighted by molar-refractivity contribution is 8.15. The molecule has 0 N–H and O–H groups in total. The number of hydrogen-bond donors (Lipinski definition) is 0. The molecule has 2 heterocycles. The number of aryl methyl sites for hydroxylation is 2. The monoisotopic (exact) mass is 560 g/mol. The number of fused-ring (bicyclic) bond motifs is 3. The van der Waals surface area contributed by atoms with Gasteiger partial charge in [0.25, 0.3) is 0 Å². The van der Waals surface area contributed by atoms with Crippen molar-refractivity contribution in [3.63, 3.8) is 0 Å². The third-order valence-electron chi connectivity index (χ3n) is 6.77. The molecule has 202 valence electrons. The fourth-order valence-corrected chi connectivity index (χ4v) is 5.85. The van der Waals surface area contributed by atoms with Gasteiger partial charge >= 0.3 is 6.36 Å². The van der Waals surface area contributed by atoms with Crippen molar-refractivity contribution in [3.05, 3.63) is 95.8 Å². The molecule has 6 rings (SSSR count). The van der Waals surface area contributed by atoms with Crippen molar-refractivity contribution in [2.75, 3.05) is 10.7 Å². The Hall–Kier alpha value is -4.31. The van der Waals surface area contributed by atoms with E-state index in [1.165, 1.54) is 23.9 Å². The van der Waals surface area contributed by atoms with Crippen LogP contribution in [-0.2, 0) is 11.3 Å². The zero-order chi connectivity index (χ0) is 28.0. The number of amidine groups is 1. The van der Waals surface area contributed by atoms with E-state index >= 15 is 0 Å². The summed E-state index contributed by atoms with van der Waals surface area (Å²) < 4.78 is 43.3. The Morgan fingerprint density at radius 1 is 1.00 bits per heavy atom. The average molecular weight is 561 g/mol. The number of hydrogen-bond acceptors (Lipinski definition) is 5. The fourth-order valence-electron chi connectivity index (χ4n) is 4.99. The SMILES string of the molecule is Cc1cccc(C)c1N1C(=O)CS/C1=N\Cc1ccc2c(ccc3c2ncn3-c2ccc(OC(F)(F)F)cc2)c1. The van der Waals surface area contributed by atoms with Gasteiger partial charge in [-0.1, -0.05) is 48.2 Å². The Bertz CT molecular complexity index is 1780. The van der Waals surface area contributed by atoms with Gasteiger partial charge in [-0.05, 0) is 72.3 Å². The summed E-state index contributed by atoms with van der Waals surface area (Å²) in [4.78, 5) is 23.9. The van der Waals surface area contributed by atoms with Crippen molar-refractivity contribution in [1.29, 1.82) is 0 Å². The Morgan fingerprint density at radius 3 is 2.48 bits per heavy atom. The standard InChI is InChI=1S/C30H23F3N4O2S/c1-18-4-3-5-19(2)28(18)37-26(38)16-40-29(37)34-15-20-6-12-24-21(14-20)7-13-25-27(24)35-17-36(25)22-8-10-23(11-9-22)39-30(31,32)33/h3-14,17H,15-16H2,1-2H3/b34-29-. The lowest BCUT2D eigenvalue weighted by molar-refractivity contribution is -0.274. The third-order valence-corrected chi connectivity index (χ3v) is 7.73. The number of halogens is 3. The number of carbonyl (C=O) groups excluding carboxylic acids is 1. The van der Waals surface area contributed by atoms with Gasteiger partial charge in [0.1, 0.15) is 12.1 Å². The van der Waals surface area contributed by atoms with E-state index in [4.69, 9.17) is 4.99 Å². The lowest BCUT2D eigenvalue weighted by atomic mass is 10.1. The highest BCUT2D eigenvalue weighted by atomic mass is 32.2. The third kappa shape index (κ3) is 4.90. The van der Waals surface area contributed by atoms with Gasteiger partial charge in [-0.15, -0.1) is 13.2 Å². The summed E-state index contributed by atoms with van der Waals surface area (Å²) in [6.07, 6.45) is -3.08. The van der Waals surface area contributed by atoms with Crippen LogP contribution in [0.1, 0.15) is 16.7 Å². The molecule has 40 heavy (non-hydrogen) atoms. The number of alkyl halides is 3. The number of carbonyl (C=O) groups is 1. The molecule has 0 unspecified atom stereocenters. The molecule has 0 atom stereocenters. The largest absolute Gasteiger partial charge is 0.573 e. The van der Waals surface area contributed by atoms with E-state index in [2.05, 4.69) is 15.8 Å². The van der Waals surface area contributed by atoms with Crippen molar-refractivity contribution in [1.82, 2.24) is 9.55 Å². The van der Waals surface area contributed by atoms with E-state index in [-0.39, 0.29) is 11.7 Å². The number of aliphatic imine (C=N–C) groups is 1. The van der Waals surface area contributed by atoms with Gasteiger partial charge in [0.15, 0.2) is 5.17 Å². The second-order valence-electron chi connectivity index (χ2n) is 9.50. The summed E-state index contributed by atoms with van der Waals surface area (Å²) in [7, 11) is 0. The molecule has 4 aromatic carbocycles. The van der Waals surface area contributed by atoms with Crippen LogP contribution < -0.4 is 9.64 Å². The molecule has 1 aromatic heterocycles. The van der Waals surface area contributed by atoms with E-state index in [9.17, 15) is 18.0 Å². The van der Waals surface area contributed by atoms with Crippen LogP contribution in [0.15, 0.2) is 84.1 Å². The Labute approximate surface area is 232 Å². The molecule has 10 heteroatoms. The van der Waals surface area contributed by atoms with E-state index in [1.807, 2.05) is 60.9 Å². The van der Waals surface area contributed by atoms with E-state index < -0.39 is 6.36 Å². The smallest absolute Gasteiger partial charge is 0.406 e. The highest BCUT2D eigenvalue weighted by Crippen LogP contribution is 2.33. The Balaban J connectivity index is 1.27. The van der Waals surface area contributed by atoms with Crippen molar-refractivity contribution in [2.24, 2.45) is 4.99 Å². The quantitative estimate of drug-likeness (QED) is 0.226. The summed E-state index contributed by atoms with van der Waals surface area (Å²) in [6.45, 7) is 4.42. The topological polar surface area (TPSA) is 59.7 Å². The molecule has 1 aliphatic heterocycles. The molecular weight excluding hydrogens is 537 g/mol. The molecule has 6 nitrogen and oxygen atoms in total. The van der Waals surface area contributed by atoms with Crippen LogP contribution >= 0.6 is 11.8 Å². The number of thioether (sulfide) groups is 1. The van der Waals surface area contributed by atoms with E-state index in [0.717, 1.165) is 44.2 Å². The first-order valence-corrected chi connectivity index (χ1v) is 13.5. The van der Waals surface area contributed by atoms with Crippen molar-refractivity contribution >= 4 is 50.3 Å². The number of para-hydroxylation sites is 1. The molecule has 5 aromatic rings. The van der Waals surface area contributed by atoms with Crippen LogP contribution in [0.4, 0.5) is 18.9 Å². The second kappa shape index (κ2) is 10.0. The van der Waals surface area contributed by atoms with Gasteiger partial charge in [0, 0.05) is 11.1 Å². The van der Waals surface area contributed by atoms with Crippen LogP contribution in [0, 0.1) is 13.8 Å². The maximum Gasteiger partial charge on any atom is 0.573 e. The number of ether oxygens (including phenoxy) is 1. The summed E-state index contributed by atoms with van der Waals surface area (Å²) in [5, 5.41) is 2.64. The van der Waals surface area contributed by atoms with E-state index in [0.29, 0.717) is 23.2 Å². The zero-order valence-electron chi connectivity index (χ0n) is 21.6. The molecule has 1 saturated heterocycles. The normalized spacial score (nSPS) is 15.1. The molecule has 1 fully saturated rings. The van der Waals surface area contributed by atoms with Gasteiger partial charge in [-0.2, -0.15) is 0 Å². The van der Waals surface area contributed by atoms with Gasteiger partial charge in [-0.3, -0.25) is 19.3 Å². The average Bonchev–Trinajstić information content (AvgIpc) is 3.51. The second-order valence-corrected chi connectivity index (χ2v) is 10.4. The van der Waals surface area contributed by atoms with Crippen LogP contribution in [-0.4, -0.2) is 32.7 Å². The Kier molecular flexibility index (Phi) is 6.50. The maximum absolute atomic E-state index is 12.7. The summed E-state index contributed by atoms with van der Waals surface area (Å²) in [5.41, 5.74) is 6.24. The number of amides is 1. The molecular formula is C30H23F3N4O2S. The first kappa shape index (κ1) is 25.9. The van der Waals surface area contributed by atoms with Gasteiger partial charge in [0.2, 0.25) is 5.91 Å². The molecule has 0 spiro atoms. The van der Waals surface area contributed by atoms with Crippen LogP contribution in [0.25, 0.3) is 27.5 Å². The minimum atomic E-state index is -4.74. The molecule has 0 aliphatic carbocycles. The van der Waals surface area contributed by atoms with Crippen molar-refractivity contribution in [3.8, 4) is 11.4 Å². The fraction of sp³-hybridized carbons (Fsp3) is 0.167. The summed E-state index contributed by atoms with van der Waals surface area (Å²) in [5.74, 6) is 0.114. The summed E-state index contributed by atoms with van der Waals surface area (Å²) >= 11 is 1.45. The molecule has 1 aliphatic rings. The number of rotatable bonds is 5. The van der Waals surface area contributed by atoms with Crippen LogP contribution in [0.5, 0.6) is 5.75 Å². The number of nitrogens with zero attached hydrogens (tertiary/aromatic N) is 4. The van der Waals surface area contributed by atoms with E-state index in [1.54, 1.807) is 23.4 Å².